The Kier molecular flexibility index (Phi) is 6.48. The molecule has 0 aliphatic carbocycles. The number of pyridine rings is 1. The van der Waals surface area contributed by atoms with Crippen LogP contribution in [0.3, 0.4) is 0 Å². The summed E-state index contributed by atoms with van der Waals surface area (Å²) in [4.78, 5) is 16.7. The summed E-state index contributed by atoms with van der Waals surface area (Å²) in [5.41, 5.74) is 6.07. The Labute approximate surface area is 171 Å². The monoisotopic (exact) mass is 393 g/mol. The predicted octanol–water partition coefficient (Wildman–Crippen LogP) is 6.15. The summed E-state index contributed by atoms with van der Waals surface area (Å²) >= 11 is 6.01. The Balaban J connectivity index is 1.99. The van der Waals surface area contributed by atoms with Gasteiger partial charge in [0, 0.05) is 16.3 Å². The molecule has 0 aliphatic heterocycles. The summed E-state index contributed by atoms with van der Waals surface area (Å²) in [6.45, 7) is 4.16. The first-order valence-corrected chi connectivity index (χ1v) is 9.93. The number of aryl methyl sites for hydroxylation is 4. The normalized spacial score (nSPS) is 10.8. The second kappa shape index (κ2) is 9.03. The SMILES string of the molecule is CCCc1nc(CCc2ccc(C)cc2)c(C(=O)O)cc1-c1ccc(Cl)cc1. The van der Waals surface area contributed by atoms with Crippen LogP contribution in [0.2, 0.25) is 5.02 Å². The lowest BCUT2D eigenvalue weighted by Crippen LogP contribution is -2.10. The molecular weight excluding hydrogens is 370 g/mol. The van der Waals surface area contributed by atoms with Crippen molar-refractivity contribution in [3.63, 3.8) is 0 Å². The molecule has 0 fully saturated rings. The molecule has 0 bridgehead atoms. The molecule has 3 rings (SSSR count). The van der Waals surface area contributed by atoms with Gasteiger partial charge in [-0.25, -0.2) is 4.79 Å². The van der Waals surface area contributed by atoms with Crippen molar-refractivity contribution in [3.8, 4) is 11.1 Å². The van der Waals surface area contributed by atoms with E-state index in [1.807, 2.05) is 24.3 Å². The molecule has 0 spiro atoms. The van der Waals surface area contributed by atoms with Crippen molar-refractivity contribution in [1.82, 2.24) is 4.98 Å². The van der Waals surface area contributed by atoms with E-state index in [-0.39, 0.29) is 5.56 Å². The lowest BCUT2D eigenvalue weighted by atomic mass is 9.96. The number of nitrogens with zero attached hydrogens (tertiary/aromatic N) is 1. The van der Waals surface area contributed by atoms with Crippen LogP contribution in [0.5, 0.6) is 0 Å². The molecule has 0 atom stereocenters. The highest BCUT2D eigenvalue weighted by atomic mass is 35.5. The molecule has 0 saturated heterocycles. The number of hydrogen-bond acceptors (Lipinski definition) is 2. The number of carboxylic acids is 1. The summed E-state index contributed by atoms with van der Waals surface area (Å²) in [5, 5.41) is 10.4. The molecule has 1 N–H and O–H groups in total. The maximum absolute atomic E-state index is 11.9. The van der Waals surface area contributed by atoms with Crippen molar-refractivity contribution < 1.29 is 9.90 Å². The van der Waals surface area contributed by atoms with E-state index in [9.17, 15) is 9.90 Å². The zero-order valence-electron chi connectivity index (χ0n) is 16.2. The molecule has 0 aliphatic rings. The average molecular weight is 394 g/mol. The minimum Gasteiger partial charge on any atom is -0.478 e. The standard InChI is InChI=1S/C24H24ClNO2/c1-3-4-22-20(18-10-12-19(25)13-11-18)15-21(24(27)28)23(26-22)14-9-17-7-5-16(2)6-8-17/h5-8,10-13,15H,3-4,9,14H2,1-2H3,(H,27,28). The maximum atomic E-state index is 11.9. The molecule has 1 aromatic heterocycles. The lowest BCUT2D eigenvalue weighted by Gasteiger charge is -2.14. The largest absolute Gasteiger partial charge is 0.478 e. The first-order chi connectivity index (χ1) is 13.5. The third kappa shape index (κ3) is 4.79. The maximum Gasteiger partial charge on any atom is 0.337 e. The highest BCUT2D eigenvalue weighted by Gasteiger charge is 2.17. The Hall–Kier alpha value is -2.65. The molecule has 3 nitrogen and oxygen atoms in total. The van der Waals surface area contributed by atoms with E-state index in [1.165, 1.54) is 11.1 Å². The smallest absolute Gasteiger partial charge is 0.337 e. The van der Waals surface area contributed by atoms with Gasteiger partial charge < -0.3 is 5.11 Å². The van der Waals surface area contributed by atoms with E-state index >= 15 is 0 Å². The third-order valence-corrected chi connectivity index (χ3v) is 5.08. The summed E-state index contributed by atoms with van der Waals surface area (Å²) in [6, 6.07) is 17.6. The highest BCUT2D eigenvalue weighted by Crippen LogP contribution is 2.28. The van der Waals surface area contributed by atoms with Crippen molar-refractivity contribution in [2.75, 3.05) is 0 Å². The predicted molar refractivity (Wildman–Crippen MR) is 114 cm³/mol. The number of aromatic nitrogens is 1. The molecule has 0 amide bonds. The average Bonchev–Trinajstić information content (AvgIpc) is 2.68. The summed E-state index contributed by atoms with van der Waals surface area (Å²) in [5.74, 6) is -0.940. The van der Waals surface area contributed by atoms with E-state index in [1.54, 1.807) is 6.07 Å². The molecule has 28 heavy (non-hydrogen) atoms. The van der Waals surface area contributed by atoms with Crippen LogP contribution in [-0.4, -0.2) is 16.1 Å². The van der Waals surface area contributed by atoms with Crippen LogP contribution in [-0.2, 0) is 19.3 Å². The zero-order chi connectivity index (χ0) is 20.1. The van der Waals surface area contributed by atoms with E-state index in [2.05, 4.69) is 38.1 Å². The highest BCUT2D eigenvalue weighted by molar-refractivity contribution is 6.30. The molecule has 0 radical (unpaired) electrons. The Morgan fingerprint density at radius 3 is 2.25 bits per heavy atom. The van der Waals surface area contributed by atoms with Crippen LogP contribution in [0.25, 0.3) is 11.1 Å². The van der Waals surface area contributed by atoms with Crippen molar-refractivity contribution in [3.05, 3.63) is 87.7 Å². The van der Waals surface area contributed by atoms with Gasteiger partial charge in [-0.3, -0.25) is 4.98 Å². The molecule has 0 saturated carbocycles. The van der Waals surface area contributed by atoms with Gasteiger partial charge in [0.15, 0.2) is 0 Å². The topological polar surface area (TPSA) is 50.2 Å². The van der Waals surface area contributed by atoms with Crippen LogP contribution < -0.4 is 0 Å². The van der Waals surface area contributed by atoms with Gasteiger partial charge in [0.25, 0.3) is 0 Å². The first-order valence-electron chi connectivity index (χ1n) is 9.55. The van der Waals surface area contributed by atoms with Crippen molar-refractivity contribution in [2.45, 2.75) is 39.5 Å². The summed E-state index contributed by atoms with van der Waals surface area (Å²) < 4.78 is 0. The van der Waals surface area contributed by atoms with Crippen LogP contribution in [0, 0.1) is 6.92 Å². The number of benzene rings is 2. The van der Waals surface area contributed by atoms with Crippen molar-refractivity contribution >= 4 is 17.6 Å². The molecule has 0 unspecified atom stereocenters. The number of halogens is 1. The summed E-state index contributed by atoms with van der Waals surface area (Å²) in [7, 11) is 0. The zero-order valence-corrected chi connectivity index (χ0v) is 17.0. The number of carbonyl (C=O) groups is 1. The second-order valence-corrected chi connectivity index (χ2v) is 7.46. The number of rotatable bonds is 7. The van der Waals surface area contributed by atoms with Crippen LogP contribution in [0.4, 0.5) is 0 Å². The van der Waals surface area contributed by atoms with E-state index < -0.39 is 5.97 Å². The fourth-order valence-corrected chi connectivity index (χ4v) is 3.42. The van der Waals surface area contributed by atoms with Gasteiger partial charge in [-0.15, -0.1) is 0 Å². The molecule has 144 valence electrons. The molecule has 2 aromatic carbocycles. The Morgan fingerprint density at radius 2 is 1.64 bits per heavy atom. The van der Waals surface area contributed by atoms with Crippen LogP contribution in [0.1, 0.15) is 46.2 Å². The van der Waals surface area contributed by atoms with Gasteiger partial charge in [-0.2, -0.15) is 0 Å². The lowest BCUT2D eigenvalue weighted by molar-refractivity contribution is 0.0695. The van der Waals surface area contributed by atoms with E-state index in [0.717, 1.165) is 36.1 Å². The Bertz CT molecular complexity index is 963. The Morgan fingerprint density at radius 1 is 0.964 bits per heavy atom. The quantitative estimate of drug-likeness (QED) is 0.524. The van der Waals surface area contributed by atoms with Crippen molar-refractivity contribution in [2.24, 2.45) is 0 Å². The van der Waals surface area contributed by atoms with Gasteiger partial charge in [-0.1, -0.05) is 66.9 Å². The van der Waals surface area contributed by atoms with Crippen LogP contribution >= 0.6 is 11.6 Å². The molecule has 4 heteroatoms. The number of aromatic carboxylic acids is 1. The van der Waals surface area contributed by atoms with Gasteiger partial charge in [0.05, 0.1) is 11.3 Å². The fourth-order valence-electron chi connectivity index (χ4n) is 3.29. The minimum absolute atomic E-state index is 0.275. The van der Waals surface area contributed by atoms with Gasteiger partial charge in [-0.05, 0) is 55.5 Å². The molecule has 1 heterocycles. The van der Waals surface area contributed by atoms with E-state index in [0.29, 0.717) is 17.1 Å². The van der Waals surface area contributed by atoms with Gasteiger partial charge in [0.1, 0.15) is 0 Å². The molecule has 3 aromatic rings. The van der Waals surface area contributed by atoms with Crippen LogP contribution in [0.15, 0.2) is 54.6 Å². The van der Waals surface area contributed by atoms with Crippen molar-refractivity contribution in [1.29, 1.82) is 0 Å². The van der Waals surface area contributed by atoms with E-state index in [4.69, 9.17) is 16.6 Å². The first kappa shape index (κ1) is 20.1. The summed E-state index contributed by atoms with van der Waals surface area (Å²) in [6.07, 6.45) is 3.11. The van der Waals surface area contributed by atoms with Gasteiger partial charge in [0.2, 0.25) is 0 Å². The van der Waals surface area contributed by atoms with Gasteiger partial charge >= 0.3 is 5.97 Å². The second-order valence-electron chi connectivity index (χ2n) is 7.02. The number of carboxylic acid groups (broad SMARTS) is 1. The minimum atomic E-state index is -0.940. The third-order valence-electron chi connectivity index (χ3n) is 4.82. The molecular formula is C24H24ClNO2. The fraction of sp³-hybridized carbons (Fsp3) is 0.250. The number of hydrogen-bond donors (Lipinski definition) is 1.